The topological polar surface area (TPSA) is 104 Å². The average Bonchev–Trinajstić information content (AvgIpc) is 3.15. The quantitative estimate of drug-likeness (QED) is 0.397. The molecular weight excluding hydrogens is 491 g/mol. The van der Waals surface area contributed by atoms with Gasteiger partial charge in [0.2, 0.25) is 5.88 Å². The number of ether oxygens (including phenoxy) is 2. The molecule has 1 atom stereocenters. The summed E-state index contributed by atoms with van der Waals surface area (Å²) >= 11 is 6.13. The first-order valence-electron chi connectivity index (χ1n) is 10.4. The van der Waals surface area contributed by atoms with Crippen molar-refractivity contribution in [3.8, 4) is 23.1 Å². The lowest BCUT2D eigenvalue weighted by atomic mass is 10.1. The van der Waals surface area contributed by atoms with E-state index in [4.69, 9.17) is 21.1 Å². The summed E-state index contributed by atoms with van der Waals surface area (Å²) in [6.07, 6.45) is -2.68. The molecule has 4 rings (SSSR count). The molecule has 0 fully saturated rings. The molecular formula is C22H19ClF3N5O4. The van der Waals surface area contributed by atoms with Crippen molar-refractivity contribution in [2.75, 3.05) is 0 Å². The molecule has 9 nitrogen and oxygen atoms in total. The molecule has 0 aliphatic rings. The van der Waals surface area contributed by atoms with E-state index in [1.807, 2.05) is 0 Å². The Balaban J connectivity index is 1.93. The van der Waals surface area contributed by atoms with Gasteiger partial charge in [0.1, 0.15) is 12.4 Å². The number of aromatic nitrogens is 5. The Morgan fingerprint density at radius 3 is 2.60 bits per heavy atom. The molecule has 1 aromatic carbocycles. The number of nitrogens with zero attached hydrogens (tertiary/aromatic N) is 5. The number of hydrogen-bond acceptors (Lipinski definition) is 7. The number of pyridine rings is 2. The average molecular weight is 510 g/mol. The fourth-order valence-corrected chi connectivity index (χ4v) is 3.51. The van der Waals surface area contributed by atoms with E-state index < -0.39 is 24.6 Å². The summed E-state index contributed by atoms with van der Waals surface area (Å²) in [5.74, 6) is -0.0722. The zero-order valence-electron chi connectivity index (χ0n) is 18.5. The van der Waals surface area contributed by atoms with Crippen molar-refractivity contribution in [1.29, 1.82) is 0 Å². The minimum Gasteiger partial charge on any atom is -0.480 e. The van der Waals surface area contributed by atoms with E-state index in [9.17, 15) is 23.1 Å². The first-order valence-corrected chi connectivity index (χ1v) is 10.7. The third-order valence-electron chi connectivity index (χ3n) is 5.12. The lowest BCUT2D eigenvalue weighted by molar-refractivity contribution is -0.189. The van der Waals surface area contributed by atoms with Gasteiger partial charge in [-0.3, -0.25) is 9.55 Å². The van der Waals surface area contributed by atoms with Crippen molar-refractivity contribution in [2.45, 2.75) is 39.3 Å². The van der Waals surface area contributed by atoms with Crippen LogP contribution < -0.4 is 15.2 Å². The van der Waals surface area contributed by atoms with Gasteiger partial charge in [0.25, 0.3) is 0 Å². The molecule has 0 bridgehead atoms. The van der Waals surface area contributed by atoms with Gasteiger partial charge < -0.3 is 14.6 Å². The number of hydrogen-bond donors (Lipinski definition) is 1. The Labute approximate surface area is 201 Å². The van der Waals surface area contributed by atoms with E-state index in [-0.39, 0.29) is 45.8 Å². The lowest BCUT2D eigenvalue weighted by Crippen LogP contribution is -2.31. The normalized spacial score (nSPS) is 12.7. The molecule has 184 valence electrons. The second-order valence-corrected chi connectivity index (χ2v) is 7.79. The zero-order valence-corrected chi connectivity index (χ0v) is 19.2. The molecule has 0 aliphatic heterocycles. The van der Waals surface area contributed by atoms with Crippen molar-refractivity contribution in [1.82, 2.24) is 24.3 Å². The molecule has 0 spiro atoms. The van der Waals surface area contributed by atoms with Crippen LogP contribution in [0.25, 0.3) is 16.5 Å². The second kappa shape index (κ2) is 9.55. The molecule has 3 aromatic heterocycles. The van der Waals surface area contributed by atoms with Crippen LogP contribution in [0.1, 0.15) is 19.7 Å². The number of halogens is 4. The van der Waals surface area contributed by atoms with Crippen LogP contribution in [0.15, 0.2) is 47.7 Å². The SMILES string of the molecule is CCn1c(CO)nn(-c2cc(O[C@@H](C)C(F)(F)F)c3c(Oc4cnccc4Cl)nccc3c2)c1=O. The number of aliphatic hydroxyl groups excluding tert-OH is 1. The van der Waals surface area contributed by atoms with E-state index in [0.717, 1.165) is 11.6 Å². The molecule has 0 saturated heterocycles. The largest absolute Gasteiger partial charge is 0.480 e. The molecule has 13 heteroatoms. The highest BCUT2D eigenvalue weighted by Gasteiger charge is 2.38. The van der Waals surface area contributed by atoms with Crippen LogP contribution in [0.3, 0.4) is 0 Å². The summed E-state index contributed by atoms with van der Waals surface area (Å²) in [7, 11) is 0. The van der Waals surface area contributed by atoms with Crippen LogP contribution >= 0.6 is 11.6 Å². The van der Waals surface area contributed by atoms with Gasteiger partial charge in [-0.2, -0.15) is 17.9 Å². The first-order chi connectivity index (χ1) is 16.6. The predicted molar refractivity (Wildman–Crippen MR) is 120 cm³/mol. The van der Waals surface area contributed by atoms with Gasteiger partial charge in [0.15, 0.2) is 17.7 Å². The summed E-state index contributed by atoms with van der Waals surface area (Å²) in [6, 6.07) is 5.77. The van der Waals surface area contributed by atoms with Crippen LogP contribution in [-0.2, 0) is 13.2 Å². The van der Waals surface area contributed by atoms with Gasteiger partial charge >= 0.3 is 11.9 Å². The summed E-state index contributed by atoms with van der Waals surface area (Å²) in [4.78, 5) is 20.9. The second-order valence-electron chi connectivity index (χ2n) is 7.38. The highest BCUT2D eigenvalue weighted by Crippen LogP contribution is 2.39. The number of aliphatic hydroxyl groups is 1. The highest BCUT2D eigenvalue weighted by molar-refractivity contribution is 6.32. The van der Waals surface area contributed by atoms with Crippen molar-refractivity contribution >= 4 is 22.4 Å². The van der Waals surface area contributed by atoms with Crippen molar-refractivity contribution in [3.63, 3.8) is 0 Å². The van der Waals surface area contributed by atoms with Gasteiger partial charge in [0.05, 0.1) is 22.3 Å². The van der Waals surface area contributed by atoms with Crippen LogP contribution in [0.4, 0.5) is 13.2 Å². The summed E-state index contributed by atoms with van der Waals surface area (Å²) in [5, 5.41) is 14.4. The summed E-state index contributed by atoms with van der Waals surface area (Å²) < 4.78 is 53.4. The van der Waals surface area contributed by atoms with Crippen LogP contribution in [0.2, 0.25) is 5.02 Å². The maximum absolute atomic E-state index is 13.4. The van der Waals surface area contributed by atoms with E-state index in [0.29, 0.717) is 5.39 Å². The Hall–Kier alpha value is -3.64. The minimum atomic E-state index is -4.66. The number of fused-ring (bicyclic) bond motifs is 1. The van der Waals surface area contributed by atoms with Crippen LogP contribution in [0, 0.1) is 0 Å². The van der Waals surface area contributed by atoms with Gasteiger partial charge in [-0.25, -0.2) is 9.78 Å². The maximum Gasteiger partial charge on any atom is 0.425 e. The van der Waals surface area contributed by atoms with Crippen molar-refractivity contribution in [2.24, 2.45) is 0 Å². The Morgan fingerprint density at radius 1 is 1.20 bits per heavy atom. The Kier molecular flexibility index (Phi) is 6.68. The standard InChI is InChI=1S/C22H19ClF3N5O4/c1-3-30-18(11-32)29-31(21(30)33)14-8-13-4-7-28-20(35-17-10-27-6-5-15(17)23)19(13)16(9-14)34-12(2)22(24,25)26/h4-10,12,32H,3,11H2,1-2H3/t12-/m0/s1. The molecule has 3 heterocycles. The molecule has 0 unspecified atom stereocenters. The predicted octanol–water partition coefficient (Wildman–Crippen LogP) is 4.26. The monoisotopic (exact) mass is 509 g/mol. The third kappa shape index (κ3) is 4.80. The minimum absolute atomic E-state index is 0.0733. The van der Waals surface area contributed by atoms with Gasteiger partial charge in [0, 0.05) is 25.0 Å². The van der Waals surface area contributed by atoms with E-state index >= 15 is 0 Å². The molecule has 0 radical (unpaired) electrons. The van der Waals surface area contributed by atoms with Crippen LogP contribution in [0.5, 0.6) is 17.4 Å². The molecule has 4 aromatic rings. The van der Waals surface area contributed by atoms with Crippen LogP contribution in [-0.4, -0.2) is 41.7 Å². The van der Waals surface area contributed by atoms with E-state index in [1.54, 1.807) is 6.92 Å². The Morgan fingerprint density at radius 2 is 1.97 bits per heavy atom. The van der Waals surface area contributed by atoms with Gasteiger partial charge in [-0.15, -0.1) is 5.10 Å². The molecule has 0 amide bonds. The number of rotatable bonds is 7. The highest BCUT2D eigenvalue weighted by atomic mass is 35.5. The number of benzene rings is 1. The van der Waals surface area contributed by atoms with Crippen molar-refractivity contribution < 1.29 is 27.8 Å². The fourth-order valence-electron chi connectivity index (χ4n) is 3.36. The van der Waals surface area contributed by atoms with Crippen molar-refractivity contribution in [3.05, 3.63) is 64.2 Å². The summed E-state index contributed by atoms with van der Waals surface area (Å²) in [5.41, 5.74) is -0.441. The Bertz CT molecular complexity index is 1440. The molecule has 0 saturated carbocycles. The van der Waals surface area contributed by atoms with Gasteiger partial charge in [-0.05, 0) is 37.4 Å². The lowest BCUT2D eigenvalue weighted by Gasteiger charge is -2.20. The summed E-state index contributed by atoms with van der Waals surface area (Å²) in [6.45, 7) is 2.30. The zero-order chi connectivity index (χ0) is 25.3. The molecule has 35 heavy (non-hydrogen) atoms. The number of alkyl halides is 3. The smallest absolute Gasteiger partial charge is 0.425 e. The maximum atomic E-state index is 13.4. The van der Waals surface area contributed by atoms with E-state index in [1.165, 1.54) is 47.4 Å². The third-order valence-corrected chi connectivity index (χ3v) is 5.44. The first kappa shape index (κ1) is 24.5. The van der Waals surface area contributed by atoms with E-state index in [2.05, 4.69) is 15.1 Å². The fraction of sp³-hybridized carbons (Fsp3) is 0.273. The van der Waals surface area contributed by atoms with Gasteiger partial charge in [-0.1, -0.05) is 11.6 Å². The molecule has 1 N–H and O–H groups in total. The molecule has 0 aliphatic carbocycles.